The summed E-state index contributed by atoms with van der Waals surface area (Å²) in [6, 6.07) is 14.4. The number of nitrogens with one attached hydrogen (secondary N) is 1. The van der Waals surface area contributed by atoms with Crippen molar-refractivity contribution in [1.29, 1.82) is 0 Å². The molecule has 1 saturated heterocycles. The molecular weight excluding hydrogens is 342 g/mol. The van der Waals surface area contributed by atoms with Crippen LogP contribution in [0.5, 0.6) is 0 Å². The molecular formula is C21H29N3OS. The van der Waals surface area contributed by atoms with Crippen LogP contribution in [0.25, 0.3) is 0 Å². The number of likely N-dealkylation sites (tertiary alicyclic amines) is 1. The van der Waals surface area contributed by atoms with Gasteiger partial charge in [0.1, 0.15) is 0 Å². The van der Waals surface area contributed by atoms with Crippen molar-refractivity contribution in [3.05, 3.63) is 58.3 Å². The number of carbonyl (C=O) groups is 1. The van der Waals surface area contributed by atoms with Gasteiger partial charge in [0.15, 0.2) is 0 Å². The minimum Gasteiger partial charge on any atom is -0.344 e. The first-order valence-corrected chi connectivity index (χ1v) is 10.2. The summed E-state index contributed by atoms with van der Waals surface area (Å²) in [6.07, 6.45) is 1.51. The quantitative estimate of drug-likeness (QED) is 0.818. The lowest BCUT2D eigenvalue weighted by atomic mass is 9.79. The maximum atomic E-state index is 12.6. The monoisotopic (exact) mass is 371 g/mol. The van der Waals surface area contributed by atoms with Crippen LogP contribution in [-0.4, -0.2) is 36.5 Å². The standard InChI is InChI=1S/C21H29N3OS/c1-21(2)15-24(12-10-18(21)22)13-11-19(25)23-20(17-9-6-14-26-17)16-7-4-3-5-8-16/h3-9,14,18,20H,10-13,15,22H2,1-2H3,(H,23,25). The van der Waals surface area contributed by atoms with Gasteiger partial charge >= 0.3 is 0 Å². The molecule has 0 bridgehead atoms. The van der Waals surface area contributed by atoms with Crippen LogP contribution >= 0.6 is 11.3 Å². The highest BCUT2D eigenvalue weighted by atomic mass is 32.1. The van der Waals surface area contributed by atoms with Gasteiger partial charge < -0.3 is 16.0 Å². The molecule has 0 aliphatic carbocycles. The molecule has 140 valence electrons. The van der Waals surface area contributed by atoms with Crippen molar-refractivity contribution in [2.24, 2.45) is 11.1 Å². The molecule has 0 radical (unpaired) electrons. The van der Waals surface area contributed by atoms with Gasteiger partial charge in [-0.1, -0.05) is 50.2 Å². The fourth-order valence-electron chi connectivity index (χ4n) is 3.59. The molecule has 2 atom stereocenters. The number of hydrogen-bond donors (Lipinski definition) is 2. The number of amides is 1. The first kappa shape index (κ1) is 19.1. The molecule has 2 heterocycles. The Kier molecular flexibility index (Phi) is 6.12. The van der Waals surface area contributed by atoms with Gasteiger partial charge in [0.25, 0.3) is 0 Å². The lowest BCUT2D eigenvalue weighted by molar-refractivity contribution is -0.122. The molecule has 1 aromatic carbocycles. The number of rotatable bonds is 6. The van der Waals surface area contributed by atoms with Gasteiger partial charge in [-0.3, -0.25) is 4.79 Å². The summed E-state index contributed by atoms with van der Waals surface area (Å²) in [5.74, 6) is 0.0972. The highest BCUT2D eigenvalue weighted by molar-refractivity contribution is 7.10. The summed E-state index contributed by atoms with van der Waals surface area (Å²) >= 11 is 1.67. The fraction of sp³-hybridized carbons (Fsp3) is 0.476. The van der Waals surface area contributed by atoms with E-state index in [1.165, 1.54) is 0 Å². The van der Waals surface area contributed by atoms with Crippen LogP contribution in [0.15, 0.2) is 47.8 Å². The third kappa shape index (κ3) is 4.72. The Labute approximate surface area is 160 Å². The average molecular weight is 372 g/mol. The molecule has 1 amide bonds. The number of benzene rings is 1. The number of piperidine rings is 1. The van der Waals surface area contributed by atoms with Crippen LogP contribution in [0.3, 0.4) is 0 Å². The van der Waals surface area contributed by atoms with Crippen LogP contribution in [0.4, 0.5) is 0 Å². The van der Waals surface area contributed by atoms with E-state index >= 15 is 0 Å². The van der Waals surface area contributed by atoms with Crippen molar-refractivity contribution in [3.8, 4) is 0 Å². The lowest BCUT2D eigenvalue weighted by Crippen LogP contribution is -2.52. The summed E-state index contributed by atoms with van der Waals surface area (Å²) in [5, 5.41) is 5.28. The molecule has 1 aliphatic rings. The SMILES string of the molecule is CC1(C)CN(CCC(=O)NC(c2ccccc2)c2cccs2)CCC1N. The number of thiophene rings is 1. The van der Waals surface area contributed by atoms with Crippen molar-refractivity contribution in [3.63, 3.8) is 0 Å². The van der Waals surface area contributed by atoms with E-state index in [1.54, 1.807) is 11.3 Å². The second kappa shape index (κ2) is 8.33. The molecule has 2 aromatic rings. The molecule has 0 saturated carbocycles. The highest BCUT2D eigenvalue weighted by Crippen LogP contribution is 2.28. The van der Waals surface area contributed by atoms with E-state index < -0.39 is 0 Å². The van der Waals surface area contributed by atoms with Crippen LogP contribution in [0.2, 0.25) is 0 Å². The third-order valence-corrected chi connectivity index (χ3v) is 6.25. The van der Waals surface area contributed by atoms with Crippen molar-refractivity contribution in [1.82, 2.24) is 10.2 Å². The molecule has 0 spiro atoms. The summed E-state index contributed by atoms with van der Waals surface area (Å²) in [4.78, 5) is 16.2. The summed E-state index contributed by atoms with van der Waals surface area (Å²) < 4.78 is 0. The van der Waals surface area contributed by atoms with Crippen molar-refractivity contribution >= 4 is 17.2 Å². The van der Waals surface area contributed by atoms with E-state index in [2.05, 4.69) is 47.6 Å². The molecule has 4 nitrogen and oxygen atoms in total. The second-order valence-electron chi connectivity index (χ2n) is 7.84. The summed E-state index contributed by atoms with van der Waals surface area (Å²) in [7, 11) is 0. The van der Waals surface area contributed by atoms with E-state index in [0.717, 1.165) is 36.5 Å². The van der Waals surface area contributed by atoms with Gasteiger partial charge in [-0.2, -0.15) is 0 Å². The Morgan fingerprint density at radius 3 is 2.73 bits per heavy atom. The van der Waals surface area contributed by atoms with Gasteiger partial charge in [0.2, 0.25) is 5.91 Å². The molecule has 1 aromatic heterocycles. The van der Waals surface area contributed by atoms with Gasteiger partial charge in [-0.25, -0.2) is 0 Å². The Bertz CT molecular complexity index is 699. The van der Waals surface area contributed by atoms with Crippen molar-refractivity contribution in [2.75, 3.05) is 19.6 Å². The van der Waals surface area contributed by atoms with E-state index in [0.29, 0.717) is 6.42 Å². The minimum absolute atomic E-state index is 0.0741. The van der Waals surface area contributed by atoms with Crippen LogP contribution in [0.1, 0.15) is 43.2 Å². The molecule has 2 unspecified atom stereocenters. The van der Waals surface area contributed by atoms with E-state index in [1.807, 2.05) is 24.3 Å². The van der Waals surface area contributed by atoms with Crippen molar-refractivity contribution < 1.29 is 4.79 Å². The zero-order valence-electron chi connectivity index (χ0n) is 15.7. The topological polar surface area (TPSA) is 58.4 Å². The van der Waals surface area contributed by atoms with E-state index in [4.69, 9.17) is 5.73 Å². The average Bonchev–Trinajstić information content (AvgIpc) is 3.15. The van der Waals surface area contributed by atoms with Crippen LogP contribution < -0.4 is 11.1 Å². The Hall–Kier alpha value is -1.69. The van der Waals surface area contributed by atoms with E-state index in [9.17, 15) is 4.79 Å². The van der Waals surface area contributed by atoms with E-state index in [-0.39, 0.29) is 23.4 Å². The molecule has 5 heteroatoms. The second-order valence-corrected chi connectivity index (χ2v) is 8.82. The normalized spacial score (nSPS) is 21.3. The van der Waals surface area contributed by atoms with Gasteiger partial charge in [-0.15, -0.1) is 11.3 Å². The zero-order valence-corrected chi connectivity index (χ0v) is 16.5. The number of nitrogens with zero attached hydrogens (tertiary/aromatic N) is 1. The van der Waals surface area contributed by atoms with Crippen molar-refractivity contribution in [2.45, 2.75) is 38.8 Å². The highest BCUT2D eigenvalue weighted by Gasteiger charge is 2.33. The number of nitrogens with two attached hydrogens (primary N) is 1. The minimum atomic E-state index is -0.0741. The molecule has 3 rings (SSSR count). The first-order valence-electron chi connectivity index (χ1n) is 9.31. The Morgan fingerprint density at radius 2 is 2.08 bits per heavy atom. The molecule has 1 aliphatic heterocycles. The smallest absolute Gasteiger partial charge is 0.222 e. The maximum absolute atomic E-state index is 12.6. The number of hydrogen-bond acceptors (Lipinski definition) is 4. The summed E-state index contributed by atoms with van der Waals surface area (Å²) in [5.41, 5.74) is 7.44. The largest absolute Gasteiger partial charge is 0.344 e. The molecule has 3 N–H and O–H groups in total. The van der Waals surface area contributed by atoms with Crippen LogP contribution in [-0.2, 0) is 4.79 Å². The maximum Gasteiger partial charge on any atom is 0.222 e. The van der Waals surface area contributed by atoms with Gasteiger partial charge in [-0.05, 0) is 35.4 Å². The predicted molar refractivity (Wildman–Crippen MR) is 108 cm³/mol. The third-order valence-electron chi connectivity index (χ3n) is 5.31. The molecule has 26 heavy (non-hydrogen) atoms. The van der Waals surface area contributed by atoms with Gasteiger partial charge in [0.05, 0.1) is 6.04 Å². The zero-order chi connectivity index (χ0) is 18.6. The summed E-state index contributed by atoms with van der Waals surface area (Å²) in [6.45, 7) is 7.14. The lowest BCUT2D eigenvalue weighted by Gasteiger charge is -2.42. The Morgan fingerprint density at radius 1 is 1.31 bits per heavy atom. The molecule has 1 fully saturated rings. The Balaban J connectivity index is 1.59. The number of carbonyl (C=O) groups excluding carboxylic acids is 1. The van der Waals surface area contributed by atoms with Gasteiger partial charge in [0, 0.05) is 30.4 Å². The first-order chi connectivity index (χ1) is 12.5. The van der Waals surface area contributed by atoms with Crippen LogP contribution in [0, 0.1) is 5.41 Å². The fourth-order valence-corrected chi connectivity index (χ4v) is 4.39. The predicted octanol–water partition coefficient (Wildman–Crippen LogP) is 3.40.